The molecule has 0 spiro atoms. The average molecular weight is 239 g/mol. The molecule has 1 aliphatic rings. The van der Waals surface area contributed by atoms with Crippen molar-refractivity contribution in [1.82, 2.24) is 5.32 Å². The lowest BCUT2D eigenvalue weighted by Crippen LogP contribution is -2.20. The number of carbonyl (C=O) groups excluding carboxylic acids is 1. The molecular weight excluding hydrogens is 218 g/mol. The lowest BCUT2D eigenvalue weighted by molar-refractivity contribution is -0.109. The molecule has 0 aliphatic heterocycles. The molecule has 4 heteroatoms. The first-order valence-corrected chi connectivity index (χ1v) is 6.28. The second kappa shape index (κ2) is 10.1. The SMILES string of the molecule is O=CNCCOCCOC1C#CCCCCC1. The molecule has 0 aromatic heterocycles. The highest BCUT2D eigenvalue weighted by molar-refractivity contribution is 5.45. The van der Waals surface area contributed by atoms with E-state index in [9.17, 15) is 4.79 Å². The number of nitrogens with one attached hydrogen (secondary N) is 1. The van der Waals surface area contributed by atoms with E-state index < -0.39 is 0 Å². The first-order chi connectivity index (χ1) is 8.43. The van der Waals surface area contributed by atoms with Crippen molar-refractivity contribution in [3.63, 3.8) is 0 Å². The Hall–Kier alpha value is -1.05. The molecule has 1 unspecified atom stereocenters. The van der Waals surface area contributed by atoms with Crippen molar-refractivity contribution in [2.45, 2.75) is 38.2 Å². The zero-order valence-corrected chi connectivity index (χ0v) is 10.2. The van der Waals surface area contributed by atoms with Crippen molar-refractivity contribution >= 4 is 6.41 Å². The number of ether oxygens (including phenoxy) is 2. The van der Waals surface area contributed by atoms with Crippen LogP contribution in [0.5, 0.6) is 0 Å². The van der Waals surface area contributed by atoms with Crippen LogP contribution in [-0.2, 0) is 14.3 Å². The van der Waals surface area contributed by atoms with Gasteiger partial charge in [-0.05, 0) is 19.3 Å². The third-order valence-electron chi connectivity index (χ3n) is 2.55. The van der Waals surface area contributed by atoms with Crippen LogP contribution in [0.2, 0.25) is 0 Å². The maximum Gasteiger partial charge on any atom is 0.207 e. The summed E-state index contributed by atoms with van der Waals surface area (Å²) < 4.78 is 10.9. The third kappa shape index (κ3) is 7.78. The fourth-order valence-electron chi connectivity index (χ4n) is 1.64. The van der Waals surface area contributed by atoms with E-state index in [1.165, 1.54) is 19.3 Å². The summed E-state index contributed by atoms with van der Waals surface area (Å²) in [5, 5.41) is 2.54. The largest absolute Gasteiger partial charge is 0.377 e. The van der Waals surface area contributed by atoms with Crippen LogP contribution in [0, 0.1) is 11.8 Å². The molecule has 0 radical (unpaired) electrons. The first-order valence-electron chi connectivity index (χ1n) is 6.28. The summed E-state index contributed by atoms with van der Waals surface area (Å²) in [4.78, 5) is 9.95. The zero-order chi connectivity index (χ0) is 12.2. The highest BCUT2D eigenvalue weighted by Crippen LogP contribution is 2.10. The smallest absolute Gasteiger partial charge is 0.207 e. The molecule has 4 nitrogen and oxygen atoms in total. The Labute approximate surface area is 103 Å². The molecule has 0 saturated heterocycles. The molecule has 1 aliphatic carbocycles. The predicted octanol–water partition coefficient (Wildman–Crippen LogP) is 1.10. The normalized spacial score (nSPS) is 19.6. The molecule has 1 rings (SSSR count). The lowest BCUT2D eigenvalue weighted by Gasteiger charge is -2.13. The van der Waals surface area contributed by atoms with Crippen molar-refractivity contribution in [2.75, 3.05) is 26.4 Å². The standard InChI is InChI=1S/C13H21NO3/c15-12-14-8-9-16-10-11-17-13-6-4-2-1-3-5-7-13/h12-13H,1-4,6,8-11H2,(H,14,15). The van der Waals surface area contributed by atoms with Crippen LogP contribution >= 0.6 is 0 Å². The predicted molar refractivity (Wildman–Crippen MR) is 65.5 cm³/mol. The molecule has 1 N–H and O–H groups in total. The van der Waals surface area contributed by atoms with E-state index in [1.807, 2.05) is 0 Å². The molecule has 96 valence electrons. The minimum absolute atomic E-state index is 0.0759. The van der Waals surface area contributed by atoms with E-state index >= 15 is 0 Å². The van der Waals surface area contributed by atoms with E-state index in [-0.39, 0.29) is 6.10 Å². The topological polar surface area (TPSA) is 47.6 Å². The van der Waals surface area contributed by atoms with Crippen LogP contribution in [0.25, 0.3) is 0 Å². The van der Waals surface area contributed by atoms with Crippen molar-refractivity contribution in [3.8, 4) is 11.8 Å². The summed E-state index contributed by atoms with van der Waals surface area (Å²) in [5.74, 6) is 6.29. The summed E-state index contributed by atoms with van der Waals surface area (Å²) >= 11 is 0. The fourth-order valence-corrected chi connectivity index (χ4v) is 1.64. The van der Waals surface area contributed by atoms with Crippen molar-refractivity contribution in [2.24, 2.45) is 0 Å². The van der Waals surface area contributed by atoms with Gasteiger partial charge in [-0.25, -0.2) is 0 Å². The van der Waals surface area contributed by atoms with Gasteiger partial charge < -0.3 is 14.8 Å². The zero-order valence-electron chi connectivity index (χ0n) is 10.2. The molecule has 0 aromatic rings. The molecule has 0 saturated carbocycles. The summed E-state index contributed by atoms with van der Waals surface area (Å²) in [6, 6.07) is 0. The highest BCUT2D eigenvalue weighted by Gasteiger charge is 2.06. The van der Waals surface area contributed by atoms with Gasteiger partial charge in [-0.3, -0.25) is 4.79 Å². The number of carbonyl (C=O) groups is 1. The molecular formula is C13H21NO3. The summed E-state index contributed by atoms with van der Waals surface area (Å²) in [7, 11) is 0. The van der Waals surface area contributed by atoms with Crippen LogP contribution in [0.1, 0.15) is 32.1 Å². The first kappa shape index (κ1) is 14.0. The molecule has 0 aromatic carbocycles. The number of hydrogen-bond acceptors (Lipinski definition) is 3. The molecule has 0 bridgehead atoms. The second-order valence-electron chi connectivity index (χ2n) is 3.96. The quantitative estimate of drug-likeness (QED) is 0.392. The molecule has 0 fully saturated rings. The number of rotatable bonds is 8. The highest BCUT2D eigenvalue weighted by atomic mass is 16.5. The maximum atomic E-state index is 9.95. The molecule has 0 heterocycles. The number of hydrogen-bond donors (Lipinski definition) is 1. The van der Waals surface area contributed by atoms with Crippen LogP contribution in [0.15, 0.2) is 0 Å². The maximum absolute atomic E-state index is 9.95. The van der Waals surface area contributed by atoms with Crippen LogP contribution in [0.4, 0.5) is 0 Å². The minimum Gasteiger partial charge on any atom is -0.377 e. The van der Waals surface area contributed by atoms with E-state index in [2.05, 4.69) is 17.2 Å². The van der Waals surface area contributed by atoms with Crippen LogP contribution in [0.3, 0.4) is 0 Å². The molecule has 1 amide bonds. The van der Waals surface area contributed by atoms with Gasteiger partial charge >= 0.3 is 0 Å². The van der Waals surface area contributed by atoms with Gasteiger partial charge in [-0.1, -0.05) is 12.3 Å². The van der Waals surface area contributed by atoms with Gasteiger partial charge in [0.2, 0.25) is 6.41 Å². The summed E-state index contributed by atoms with van der Waals surface area (Å²) in [6.45, 7) is 2.20. The Bertz CT molecular complexity index is 257. The monoisotopic (exact) mass is 239 g/mol. The second-order valence-corrected chi connectivity index (χ2v) is 3.96. The third-order valence-corrected chi connectivity index (χ3v) is 2.55. The van der Waals surface area contributed by atoms with E-state index in [0.29, 0.717) is 32.8 Å². The number of amides is 1. The van der Waals surface area contributed by atoms with Gasteiger partial charge in [-0.2, -0.15) is 0 Å². The summed E-state index contributed by atoms with van der Waals surface area (Å²) in [5.41, 5.74) is 0. The lowest BCUT2D eigenvalue weighted by atomic mass is 10.1. The van der Waals surface area contributed by atoms with Gasteiger partial charge in [0.05, 0.1) is 19.8 Å². The van der Waals surface area contributed by atoms with E-state index in [4.69, 9.17) is 9.47 Å². The van der Waals surface area contributed by atoms with Gasteiger partial charge in [0.25, 0.3) is 0 Å². The van der Waals surface area contributed by atoms with Gasteiger partial charge in [0.15, 0.2) is 0 Å². The molecule has 17 heavy (non-hydrogen) atoms. The molecule has 1 atom stereocenters. The summed E-state index contributed by atoms with van der Waals surface area (Å²) in [6.07, 6.45) is 6.43. The van der Waals surface area contributed by atoms with Gasteiger partial charge in [0, 0.05) is 13.0 Å². The van der Waals surface area contributed by atoms with Crippen LogP contribution in [-0.4, -0.2) is 38.9 Å². The Morgan fingerprint density at radius 3 is 3.06 bits per heavy atom. The van der Waals surface area contributed by atoms with Crippen molar-refractivity contribution < 1.29 is 14.3 Å². The average Bonchev–Trinajstić information content (AvgIpc) is 2.30. The van der Waals surface area contributed by atoms with E-state index in [1.54, 1.807) is 0 Å². The van der Waals surface area contributed by atoms with Crippen molar-refractivity contribution in [1.29, 1.82) is 0 Å². The van der Waals surface area contributed by atoms with Gasteiger partial charge in [0.1, 0.15) is 6.10 Å². The fraction of sp³-hybridized carbons (Fsp3) is 0.769. The Balaban J connectivity index is 1.98. The Morgan fingerprint density at radius 2 is 2.18 bits per heavy atom. The van der Waals surface area contributed by atoms with Gasteiger partial charge in [-0.15, -0.1) is 5.92 Å². The Kier molecular flexibility index (Phi) is 8.35. The van der Waals surface area contributed by atoms with E-state index in [0.717, 1.165) is 12.8 Å². The minimum atomic E-state index is 0.0759. The van der Waals surface area contributed by atoms with Crippen LogP contribution < -0.4 is 5.32 Å². The van der Waals surface area contributed by atoms with Crippen molar-refractivity contribution in [3.05, 3.63) is 0 Å². The Morgan fingerprint density at radius 1 is 1.24 bits per heavy atom.